The van der Waals surface area contributed by atoms with Gasteiger partial charge in [0, 0.05) is 11.6 Å². The summed E-state index contributed by atoms with van der Waals surface area (Å²) >= 11 is 0. The molecular weight excluding hydrogens is 213 g/mol. The molecule has 0 aliphatic heterocycles. The highest BCUT2D eigenvalue weighted by molar-refractivity contribution is 5.47. The van der Waals surface area contributed by atoms with Gasteiger partial charge in [0.05, 0.1) is 19.8 Å². The summed E-state index contributed by atoms with van der Waals surface area (Å²) in [6.45, 7) is 3.81. The van der Waals surface area contributed by atoms with E-state index in [1.165, 1.54) is 19.2 Å². The lowest BCUT2D eigenvalue weighted by atomic mass is 10.2. The summed E-state index contributed by atoms with van der Waals surface area (Å²) in [5.74, 6) is 5.36. The van der Waals surface area contributed by atoms with E-state index in [0.29, 0.717) is 17.1 Å². The van der Waals surface area contributed by atoms with Gasteiger partial charge in [-0.05, 0) is 19.9 Å². The lowest BCUT2D eigenvalue weighted by molar-refractivity contribution is 0.118. The van der Waals surface area contributed by atoms with Gasteiger partial charge >= 0.3 is 0 Å². The Morgan fingerprint density at radius 2 is 2.06 bits per heavy atom. The van der Waals surface area contributed by atoms with Gasteiger partial charge in [0.15, 0.2) is 11.5 Å². The molecule has 0 aromatic heterocycles. The maximum absolute atomic E-state index is 13.2. The zero-order valence-corrected chi connectivity index (χ0v) is 9.62. The van der Waals surface area contributed by atoms with E-state index in [1.807, 2.05) is 13.8 Å². The number of benzene rings is 1. The Bertz CT molecular complexity index is 355. The molecule has 5 heteroatoms. The molecule has 0 saturated heterocycles. The van der Waals surface area contributed by atoms with Crippen LogP contribution in [0, 0.1) is 5.82 Å². The molecule has 0 radical (unpaired) electrons. The van der Waals surface area contributed by atoms with Gasteiger partial charge < -0.3 is 9.47 Å². The van der Waals surface area contributed by atoms with Crippen molar-refractivity contribution >= 4 is 0 Å². The molecule has 0 bridgehead atoms. The van der Waals surface area contributed by atoms with Gasteiger partial charge in [0.2, 0.25) is 0 Å². The molecule has 0 fully saturated rings. The summed E-state index contributed by atoms with van der Waals surface area (Å²) in [6, 6.07) is 2.57. The van der Waals surface area contributed by atoms with Crippen molar-refractivity contribution in [3.05, 3.63) is 23.5 Å². The minimum Gasteiger partial charge on any atom is -0.493 e. The molecule has 0 aliphatic rings. The number of rotatable bonds is 5. The first kappa shape index (κ1) is 12.7. The van der Waals surface area contributed by atoms with Crippen LogP contribution in [0.4, 0.5) is 4.39 Å². The van der Waals surface area contributed by atoms with Gasteiger partial charge in [-0.1, -0.05) is 0 Å². The average molecular weight is 229 g/mol. The van der Waals surface area contributed by atoms with Crippen LogP contribution in [-0.4, -0.2) is 13.2 Å². The standard InChI is InChI=1S/C11H16FNO3/c1-7(2)16-11-8(6-15-13)4-9(12)5-10(11)14-3/h4-5,7H,6,13H2,1-3H3. The Kier molecular flexibility index (Phi) is 4.52. The largest absolute Gasteiger partial charge is 0.493 e. The average Bonchev–Trinajstić information content (AvgIpc) is 2.21. The first-order valence-electron chi connectivity index (χ1n) is 4.93. The van der Waals surface area contributed by atoms with Crippen LogP contribution in [0.3, 0.4) is 0 Å². The third kappa shape index (κ3) is 3.08. The Labute approximate surface area is 94.1 Å². The number of nitrogens with two attached hydrogens (primary N) is 1. The minimum absolute atomic E-state index is 0.0455. The SMILES string of the molecule is COc1cc(F)cc(CON)c1OC(C)C. The quantitative estimate of drug-likeness (QED) is 0.785. The minimum atomic E-state index is -0.417. The zero-order valence-electron chi connectivity index (χ0n) is 9.62. The van der Waals surface area contributed by atoms with Crippen molar-refractivity contribution in [2.75, 3.05) is 7.11 Å². The highest BCUT2D eigenvalue weighted by Crippen LogP contribution is 2.33. The number of halogens is 1. The first-order chi connectivity index (χ1) is 7.58. The third-order valence-electron chi connectivity index (χ3n) is 1.91. The van der Waals surface area contributed by atoms with Gasteiger partial charge in [-0.25, -0.2) is 10.3 Å². The van der Waals surface area contributed by atoms with Crippen LogP contribution in [0.2, 0.25) is 0 Å². The molecule has 0 saturated carbocycles. The van der Waals surface area contributed by atoms with Crippen LogP contribution in [0.1, 0.15) is 19.4 Å². The van der Waals surface area contributed by atoms with Crippen LogP contribution in [0.5, 0.6) is 11.5 Å². The van der Waals surface area contributed by atoms with Crippen molar-refractivity contribution < 1.29 is 18.7 Å². The van der Waals surface area contributed by atoms with Crippen LogP contribution in [0.15, 0.2) is 12.1 Å². The zero-order chi connectivity index (χ0) is 12.1. The smallest absolute Gasteiger partial charge is 0.167 e. The molecule has 1 aromatic rings. The Hall–Kier alpha value is -1.33. The van der Waals surface area contributed by atoms with Gasteiger partial charge in [0.1, 0.15) is 5.82 Å². The summed E-state index contributed by atoms with van der Waals surface area (Å²) in [5, 5.41) is 0. The molecule has 1 rings (SSSR count). The van der Waals surface area contributed by atoms with E-state index in [-0.39, 0.29) is 12.7 Å². The number of hydrogen-bond donors (Lipinski definition) is 1. The van der Waals surface area contributed by atoms with Gasteiger partial charge in [-0.3, -0.25) is 4.84 Å². The Morgan fingerprint density at radius 1 is 1.38 bits per heavy atom. The fraction of sp³-hybridized carbons (Fsp3) is 0.455. The molecule has 16 heavy (non-hydrogen) atoms. The maximum Gasteiger partial charge on any atom is 0.167 e. The Balaban J connectivity index is 3.15. The second kappa shape index (κ2) is 5.67. The van der Waals surface area contributed by atoms with Crippen LogP contribution in [0.25, 0.3) is 0 Å². The summed E-state index contributed by atoms with van der Waals surface area (Å²) in [4.78, 5) is 4.50. The Morgan fingerprint density at radius 3 is 2.56 bits per heavy atom. The van der Waals surface area contributed by atoms with E-state index in [1.54, 1.807) is 0 Å². The molecular formula is C11H16FNO3. The normalized spacial score (nSPS) is 10.6. The van der Waals surface area contributed by atoms with E-state index in [9.17, 15) is 4.39 Å². The van der Waals surface area contributed by atoms with Gasteiger partial charge in [-0.2, -0.15) is 0 Å². The van der Waals surface area contributed by atoms with Crippen LogP contribution >= 0.6 is 0 Å². The molecule has 4 nitrogen and oxygen atoms in total. The van der Waals surface area contributed by atoms with Gasteiger partial charge in [0.25, 0.3) is 0 Å². The van der Waals surface area contributed by atoms with Crippen LogP contribution < -0.4 is 15.4 Å². The van der Waals surface area contributed by atoms with Crippen LogP contribution in [-0.2, 0) is 11.4 Å². The fourth-order valence-electron chi connectivity index (χ4n) is 1.34. The monoisotopic (exact) mass is 229 g/mol. The molecule has 0 heterocycles. The van der Waals surface area contributed by atoms with Crippen molar-refractivity contribution in [2.45, 2.75) is 26.6 Å². The number of hydrogen-bond acceptors (Lipinski definition) is 4. The molecule has 0 amide bonds. The number of ether oxygens (including phenoxy) is 2. The predicted molar refractivity (Wildman–Crippen MR) is 57.7 cm³/mol. The lowest BCUT2D eigenvalue weighted by Gasteiger charge is -2.17. The summed E-state index contributed by atoms with van der Waals surface area (Å²) < 4.78 is 23.8. The summed E-state index contributed by atoms with van der Waals surface area (Å²) in [5.41, 5.74) is 0.521. The van der Waals surface area contributed by atoms with Crippen molar-refractivity contribution in [3.8, 4) is 11.5 Å². The lowest BCUT2D eigenvalue weighted by Crippen LogP contribution is -2.10. The molecule has 90 valence electrons. The molecule has 1 aromatic carbocycles. The fourth-order valence-corrected chi connectivity index (χ4v) is 1.34. The van der Waals surface area contributed by atoms with E-state index < -0.39 is 5.82 Å². The second-order valence-electron chi connectivity index (χ2n) is 3.57. The maximum atomic E-state index is 13.2. The van der Waals surface area contributed by atoms with E-state index >= 15 is 0 Å². The highest BCUT2D eigenvalue weighted by Gasteiger charge is 2.14. The topological polar surface area (TPSA) is 53.7 Å². The van der Waals surface area contributed by atoms with E-state index in [4.69, 9.17) is 15.4 Å². The highest BCUT2D eigenvalue weighted by atomic mass is 19.1. The first-order valence-corrected chi connectivity index (χ1v) is 4.93. The molecule has 0 aliphatic carbocycles. The van der Waals surface area contributed by atoms with E-state index in [2.05, 4.69) is 4.84 Å². The molecule has 0 spiro atoms. The molecule has 2 N–H and O–H groups in total. The summed E-state index contributed by atoms with van der Waals surface area (Å²) in [6.07, 6.45) is -0.0455. The number of methoxy groups -OCH3 is 1. The molecule has 0 atom stereocenters. The second-order valence-corrected chi connectivity index (χ2v) is 3.57. The van der Waals surface area contributed by atoms with E-state index in [0.717, 1.165) is 0 Å². The van der Waals surface area contributed by atoms with Gasteiger partial charge in [-0.15, -0.1) is 0 Å². The van der Waals surface area contributed by atoms with Crippen molar-refractivity contribution in [2.24, 2.45) is 5.90 Å². The van der Waals surface area contributed by atoms with Crippen molar-refractivity contribution in [1.82, 2.24) is 0 Å². The predicted octanol–water partition coefficient (Wildman–Crippen LogP) is 2.01. The van der Waals surface area contributed by atoms with Crippen molar-refractivity contribution in [1.29, 1.82) is 0 Å². The summed E-state index contributed by atoms with van der Waals surface area (Å²) in [7, 11) is 1.45. The van der Waals surface area contributed by atoms with Crippen molar-refractivity contribution in [3.63, 3.8) is 0 Å². The molecule has 0 unspecified atom stereocenters. The third-order valence-corrected chi connectivity index (χ3v) is 1.91.